The van der Waals surface area contributed by atoms with E-state index in [0.29, 0.717) is 6.42 Å². The molecule has 0 radical (unpaired) electrons. The van der Waals surface area contributed by atoms with E-state index >= 15 is 0 Å². The van der Waals surface area contributed by atoms with Crippen LogP contribution in [-0.4, -0.2) is 30.3 Å². The second-order valence-electron chi connectivity index (χ2n) is 5.57. The van der Waals surface area contributed by atoms with Crippen LogP contribution in [0.3, 0.4) is 0 Å². The molecule has 1 amide bonds. The Morgan fingerprint density at radius 1 is 1.50 bits per heavy atom. The summed E-state index contributed by atoms with van der Waals surface area (Å²) < 4.78 is 5.49. The number of carbonyl (C=O) groups is 1. The van der Waals surface area contributed by atoms with E-state index in [4.69, 9.17) is 4.74 Å². The number of aryl methyl sites for hydroxylation is 1. The van der Waals surface area contributed by atoms with Crippen molar-refractivity contribution in [2.75, 3.05) is 13.2 Å². The number of hydrogen-bond acceptors (Lipinski definition) is 3. The zero-order valence-corrected chi connectivity index (χ0v) is 12.0. The van der Waals surface area contributed by atoms with Gasteiger partial charge in [-0.3, -0.25) is 4.79 Å². The average molecular weight is 277 g/mol. The van der Waals surface area contributed by atoms with Gasteiger partial charge in [-0.15, -0.1) is 0 Å². The Hall–Kier alpha value is -1.55. The van der Waals surface area contributed by atoms with E-state index in [9.17, 15) is 9.90 Å². The minimum absolute atomic E-state index is 0.0199. The molecule has 2 rings (SSSR count). The predicted octanol–water partition coefficient (Wildman–Crippen LogP) is 2.04. The Bertz CT molecular complexity index is 443. The van der Waals surface area contributed by atoms with Gasteiger partial charge in [-0.25, -0.2) is 0 Å². The molecule has 1 saturated carbocycles. The van der Waals surface area contributed by atoms with Gasteiger partial charge in [0.05, 0.1) is 0 Å². The molecule has 1 aliphatic rings. The van der Waals surface area contributed by atoms with Crippen LogP contribution < -0.4 is 10.1 Å². The number of aliphatic hydroxyl groups excluding tert-OH is 1. The first kappa shape index (κ1) is 14.9. The smallest absolute Gasteiger partial charge is 0.220 e. The highest BCUT2D eigenvalue weighted by Crippen LogP contribution is 2.33. The lowest BCUT2D eigenvalue weighted by atomic mass is 10.2. The molecule has 0 aromatic heterocycles. The SMILES string of the molecule is Cc1cccc(OCC(O)CNC(=O)CCC2CC2)c1. The lowest BCUT2D eigenvalue weighted by Gasteiger charge is -2.13. The maximum atomic E-state index is 11.5. The van der Waals surface area contributed by atoms with Crippen molar-refractivity contribution >= 4 is 5.91 Å². The van der Waals surface area contributed by atoms with Crippen LogP contribution >= 0.6 is 0 Å². The molecule has 1 aliphatic carbocycles. The summed E-state index contributed by atoms with van der Waals surface area (Å²) in [6.45, 7) is 2.42. The van der Waals surface area contributed by atoms with Gasteiger partial charge >= 0.3 is 0 Å². The molecule has 0 saturated heterocycles. The average Bonchev–Trinajstić information content (AvgIpc) is 3.25. The number of nitrogens with one attached hydrogen (secondary N) is 1. The van der Waals surface area contributed by atoms with Crippen LogP contribution in [0.25, 0.3) is 0 Å². The predicted molar refractivity (Wildman–Crippen MR) is 77.6 cm³/mol. The van der Waals surface area contributed by atoms with Crippen LogP contribution in [0, 0.1) is 12.8 Å². The molecule has 20 heavy (non-hydrogen) atoms. The number of hydrogen-bond donors (Lipinski definition) is 2. The van der Waals surface area contributed by atoms with Gasteiger partial charge in [-0.1, -0.05) is 25.0 Å². The van der Waals surface area contributed by atoms with Crippen LogP contribution in [0.15, 0.2) is 24.3 Å². The Balaban J connectivity index is 1.59. The second kappa shape index (κ2) is 7.29. The molecule has 110 valence electrons. The van der Waals surface area contributed by atoms with Gasteiger partial charge in [0.1, 0.15) is 18.5 Å². The van der Waals surface area contributed by atoms with E-state index in [0.717, 1.165) is 23.7 Å². The minimum Gasteiger partial charge on any atom is -0.491 e. The van der Waals surface area contributed by atoms with Crippen LogP contribution in [0.5, 0.6) is 5.75 Å². The highest BCUT2D eigenvalue weighted by molar-refractivity contribution is 5.75. The summed E-state index contributed by atoms with van der Waals surface area (Å²) in [6.07, 6.45) is 3.39. The summed E-state index contributed by atoms with van der Waals surface area (Å²) in [4.78, 5) is 11.5. The fourth-order valence-corrected chi connectivity index (χ4v) is 2.02. The minimum atomic E-state index is -0.680. The van der Waals surface area contributed by atoms with Crippen LogP contribution in [-0.2, 0) is 4.79 Å². The first-order valence-corrected chi connectivity index (χ1v) is 7.27. The first-order valence-electron chi connectivity index (χ1n) is 7.27. The third-order valence-electron chi connectivity index (χ3n) is 3.44. The Labute approximate surface area is 120 Å². The molecular formula is C16H23NO3. The number of carbonyl (C=O) groups excluding carboxylic acids is 1. The van der Waals surface area contributed by atoms with Crippen LogP contribution in [0.2, 0.25) is 0 Å². The van der Waals surface area contributed by atoms with Crippen LogP contribution in [0.4, 0.5) is 0 Å². The molecule has 0 bridgehead atoms. The van der Waals surface area contributed by atoms with Crippen molar-refractivity contribution in [2.24, 2.45) is 5.92 Å². The van der Waals surface area contributed by atoms with E-state index in [1.807, 2.05) is 31.2 Å². The molecule has 4 nitrogen and oxygen atoms in total. The lowest BCUT2D eigenvalue weighted by Crippen LogP contribution is -2.35. The summed E-state index contributed by atoms with van der Waals surface area (Å²) in [5.41, 5.74) is 1.12. The highest BCUT2D eigenvalue weighted by Gasteiger charge is 2.21. The molecular weight excluding hydrogens is 254 g/mol. The number of ether oxygens (including phenoxy) is 1. The van der Waals surface area contributed by atoms with Crippen LogP contribution in [0.1, 0.15) is 31.2 Å². The molecule has 1 atom stereocenters. The lowest BCUT2D eigenvalue weighted by molar-refractivity contribution is -0.121. The number of aliphatic hydroxyl groups is 1. The Morgan fingerprint density at radius 2 is 2.30 bits per heavy atom. The molecule has 0 spiro atoms. The number of amides is 1. The molecule has 0 heterocycles. The molecule has 1 unspecified atom stereocenters. The molecule has 0 aliphatic heterocycles. The fraction of sp³-hybridized carbons (Fsp3) is 0.562. The van der Waals surface area contributed by atoms with Crippen molar-refractivity contribution in [1.29, 1.82) is 0 Å². The van der Waals surface area contributed by atoms with Gasteiger partial charge in [0, 0.05) is 13.0 Å². The molecule has 1 aromatic carbocycles. The maximum Gasteiger partial charge on any atom is 0.220 e. The van der Waals surface area contributed by atoms with Crippen molar-refractivity contribution in [3.05, 3.63) is 29.8 Å². The van der Waals surface area contributed by atoms with Gasteiger partial charge in [0.15, 0.2) is 0 Å². The molecule has 2 N–H and O–H groups in total. The maximum absolute atomic E-state index is 11.5. The third-order valence-corrected chi connectivity index (χ3v) is 3.44. The zero-order valence-electron chi connectivity index (χ0n) is 12.0. The largest absolute Gasteiger partial charge is 0.491 e. The fourth-order valence-electron chi connectivity index (χ4n) is 2.02. The molecule has 1 fully saturated rings. The van der Waals surface area contributed by atoms with Gasteiger partial charge in [-0.2, -0.15) is 0 Å². The summed E-state index contributed by atoms with van der Waals surface area (Å²) in [5, 5.41) is 12.5. The monoisotopic (exact) mass is 277 g/mol. The van der Waals surface area contributed by atoms with Crippen molar-refractivity contribution < 1.29 is 14.6 Å². The van der Waals surface area contributed by atoms with Gasteiger partial charge in [0.25, 0.3) is 0 Å². The van der Waals surface area contributed by atoms with Gasteiger partial charge < -0.3 is 15.2 Å². The van der Waals surface area contributed by atoms with Gasteiger partial charge in [0.2, 0.25) is 5.91 Å². The number of rotatable bonds is 8. The van der Waals surface area contributed by atoms with E-state index in [-0.39, 0.29) is 19.1 Å². The summed E-state index contributed by atoms with van der Waals surface area (Å²) in [6, 6.07) is 7.68. The summed E-state index contributed by atoms with van der Waals surface area (Å²) in [5.74, 6) is 1.52. The summed E-state index contributed by atoms with van der Waals surface area (Å²) in [7, 11) is 0. The number of benzene rings is 1. The normalized spacial score (nSPS) is 15.7. The summed E-state index contributed by atoms with van der Waals surface area (Å²) >= 11 is 0. The van der Waals surface area contributed by atoms with E-state index in [2.05, 4.69) is 5.32 Å². The highest BCUT2D eigenvalue weighted by atomic mass is 16.5. The van der Waals surface area contributed by atoms with E-state index in [1.54, 1.807) is 0 Å². The van der Waals surface area contributed by atoms with Crippen molar-refractivity contribution in [3.63, 3.8) is 0 Å². The molecule has 1 aromatic rings. The second-order valence-corrected chi connectivity index (χ2v) is 5.57. The molecule has 4 heteroatoms. The van der Waals surface area contributed by atoms with Crippen molar-refractivity contribution in [1.82, 2.24) is 5.32 Å². The Kier molecular flexibility index (Phi) is 5.41. The topological polar surface area (TPSA) is 58.6 Å². The van der Waals surface area contributed by atoms with E-state index in [1.165, 1.54) is 12.8 Å². The van der Waals surface area contributed by atoms with Crippen molar-refractivity contribution in [3.8, 4) is 5.75 Å². The van der Waals surface area contributed by atoms with Gasteiger partial charge in [-0.05, 0) is 37.0 Å². The van der Waals surface area contributed by atoms with Crippen molar-refractivity contribution in [2.45, 2.75) is 38.7 Å². The third kappa shape index (κ3) is 5.61. The first-order chi connectivity index (χ1) is 9.63. The van der Waals surface area contributed by atoms with E-state index < -0.39 is 6.10 Å². The quantitative estimate of drug-likeness (QED) is 0.764. The zero-order chi connectivity index (χ0) is 14.4. The Morgan fingerprint density at radius 3 is 3.00 bits per heavy atom. The standard InChI is InChI=1S/C16H23NO3/c1-12-3-2-4-15(9-12)20-11-14(18)10-17-16(19)8-7-13-5-6-13/h2-4,9,13-14,18H,5-8,10-11H2,1H3,(H,17,19).